The van der Waals surface area contributed by atoms with Crippen LogP contribution in [0.5, 0.6) is 0 Å². The van der Waals surface area contributed by atoms with Crippen molar-refractivity contribution >= 4 is 11.6 Å². The molecule has 1 rings (SSSR count). The molecular formula is C13H21F3N4. The average molecular weight is 290 g/mol. The van der Waals surface area contributed by atoms with Crippen LogP contribution in [-0.4, -0.2) is 23.1 Å². The van der Waals surface area contributed by atoms with E-state index in [4.69, 9.17) is 0 Å². The molecular weight excluding hydrogens is 269 g/mol. The molecule has 0 aromatic carbocycles. The van der Waals surface area contributed by atoms with Gasteiger partial charge >= 0.3 is 6.18 Å². The summed E-state index contributed by atoms with van der Waals surface area (Å²) in [6.45, 7) is 5.18. The van der Waals surface area contributed by atoms with Gasteiger partial charge in [-0.2, -0.15) is 13.2 Å². The number of hydrogen-bond acceptors (Lipinski definition) is 4. The number of aromatic nitrogens is 2. The third-order valence-corrected chi connectivity index (χ3v) is 2.62. The molecule has 0 aliphatic heterocycles. The zero-order valence-electron chi connectivity index (χ0n) is 11.8. The Hall–Kier alpha value is -1.53. The van der Waals surface area contributed by atoms with E-state index in [2.05, 4.69) is 27.5 Å². The van der Waals surface area contributed by atoms with E-state index in [0.717, 1.165) is 25.7 Å². The molecule has 0 saturated carbocycles. The van der Waals surface area contributed by atoms with E-state index in [9.17, 15) is 13.2 Å². The molecule has 0 radical (unpaired) electrons. The third-order valence-electron chi connectivity index (χ3n) is 2.62. The van der Waals surface area contributed by atoms with Gasteiger partial charge in [-0.05, 0) is 12.8 Å². The van der Waals surface area contributed by atoms with Crippen molar-refractivity contribution in [3.63, 3.8) is 0 Å². The minimum absolute atomic E-state index is 0.201. The van der Waals surface area contributed by atoms with Gasteiger partial charge in [-0.1, -0.05) is 26.7 Å². The molecule has 0 saturated heterocycles. The van der Waals surface area contributed by atoms with Crippen LogP contribution in [0.4, 0.5) is 24.8 Å². The topological polar surface area (TPSA) is 49.8 Å². The maximum atomic E-state index is 12.7. The fraction of sp³-hybridized carbons (Fsp3) is 0.692. The number of hydrogen-bond donors (Lipinski definition) is 2. The van der Waals surface area contributed by atoms with Crippen LogP contribution in [0.25, 0.3) is 0 Å². The molecule has 0 fully saturated rings. The van der Waals surface area contributed by atoms with Gasteiger partial charge in [0.1, 0.15) is 11.6 Å². The number of alkyl halides is 3. The molecule has 0 spiro atoms. The predicted octanol–water partition coefficient (Wildman–Crippen LogP) is 3.92. The summed E-state index contributed by atoms with van der Waals surface area (Å²) in [7, 11) is 0. The van der Waals surface area contributed by atoms with Crippen LogP contribution in [0.2, 0.25) is 0 Å². The normalized spacial score (nSPS) is 11.4. The molecule has 0 atom stereocenters. The summed E-state index contributed by atoms with van der Waals surface area (Å²) >= 11 is 0. The van der Waals surface area contributed by atoms with Crippen LogP contribution in [0.3, 0.4) is 0 Å². The smallest absolute Gasteiger partial charge is 0.370 e. The lowest BCUT2D eigenvalue weighted by molar-refractivity contribution is -0.144. The SMILES string of the molecule is CCCCCNc1cc(NCCC)nc(C(F)(F)F)n1. The molecule has 1 heterocycles. The second-order valence-corrected chi connectivity index (χ2v) is 4.52. The van der Waals surface area contributed by atoms with E-state index in [1.807, 2.05) is 6.92 Å². The summed E-state index contributed by atoms with van der Waals surface area (Å²) in [6, 6.07) is 1.51. The summed E-state index contributed by atoms with van der Waals surface area (Å²) in [4.78, 5) is 7.02. The zero-order valence-corrected chi connectivity index (χ0v) is 11.8. The molecule has 1 aromatic heterocycles. The first-order valence-corrected chi connectivity index (χ1v) is 6.91. The summed E-state index contributed by atoms with van der Waals surface area (Å²) < 4.78 is 38.2. The molecule has 0 aliphatic rings. The highest BCUT2D eigenvalue weighted by Gasteiger charge is 2.35. The van der Waals surface area contributed by atoms with Gasteiger partial charge in [0.15, 0.2) is 0 Å². The lowest BCUT2D eigenvalue weighted by Crippen LogP contribution is -2.15. The van der Waals surface area contributed by atoms with Crippen molar-refractivity contribution < 1.29 is 13.2 Å². The van der Waals surface area contributed by atoms with Crippen molar-refractivity contribution in [2.75, 3.05) is 23.7 Å². The largest absolute Gasteiger partial charge is 0.451 e. The zero-order chi connectivity index (χ0) is 15.0. The molecule has 2 N–H and O–H groups in total. The third kappa shape index (κ3) is 5.63. The summed E-state index contributed by atoms with van der Waals surface area (Å²) in [5.41, 5.74) is 0. The van der Waals surface area contributed by atoms with Crippen molar-refractivity contribution in [2.45, 2.75) is 45.7 Å². The number of halogens is 3. The number of anilines is 2. The minimum Gasteiger partial charge on any atom is -0.370 e. The maximum Gasteiger partial charge on any atom is 0.451 e. The lowest BCUT2D eigenvalue weighted by atomic mass is 10.2. The lowest BCUT2D eigenvalue weighted by Gasteiger charge is -2.12. The van der Waals surface area contributed by atoms with Crippen LogP contribution >= 0.6 is 0 Å². The first-order valence-electron chi connectivity index (χ1n) is 6.91. The van der Waals surface area contributed by atoms with Crippen LogP contribution in [-0.2, 0) is 6.18 Å². The van der Waals surface area contributed by atoms with Crippen molar-refractivity contribution in [1.82, 2.24) is 9.97 Å². The number of nitrogens with zero attached hydrogens (tertiary/aromatic N) is 2. The molecule has 1 aromatic rings. The fourth-order valence-corrected chi connectivity index (χ4v) is 1.60. The van der Waals surface area contributed by atoms with E-state index >= 15 is 0 Å². The molecule has 0 bridgehead atoms. The Morgan fingerprint density at radius 2 is 1.55 bits per heavy atom. The Morgan fingerprint density at radius 3 is 2.05 bits per heavy atom. The second kappa shape index (κ2) is 7.91. The van der Waals surface area contributed by atoms with Crippen LogP contribution < -0.4 is 10.6 Å². The Morgan fingerprint density at radius 1 is 0.950 bits per heavy atom. The van der Waals surface area contributed by atoms with E-state index < -0.39 is 12.0 Å². The van der Waals surface area contributed by atoms with E-state index in [0.29, 0.717) is 13.1 Å². The molecule has 0 aliphatic carbocycles. The molecule has 0 amide bonds. The van der Waals surface area contributed by atoms with Gasteiger partial charge < -0.3 is 10.6 Å². The van der Waals surface area contributed by atoms with Crippen molar-refractivity contribution in [1.29, 1.82) is 0 Å². The van der Waals surface area contributed by atoms with Crippen molar-refractivity contribution in [3.8, 4) is 0 Å². The first-order chi connectivity index (χ1) is 9.47. The van der Waals surface area contributed by atoms with Gasteiger partial charge in [-0.3, -0.25) is 0 Å². The van der Waals surface area contributed by atoms with E-state index in [-0.39, 0.29) is 11.6 Å². The molecule has 20 heavy (non-hydrogen) atoms. The number of nitrogens with one attached hydrogen (secondary N) is 2. The van der Waals surface area contributed by atoms with E-state index in [1.165, 1.54) is 6.07 Å². The molecule has 4 nitrogen and oxygen atoms in total. The summed E-state index contributed by atoms with van der Waals surface area (Å²) in [5, 5.41) is 5.78. The highest BCUT2D eigenvalue weighted by atomic mass is 19.4. The Bertz CT molecular complexity index is 407. The minimum atomic E-state index is -4.54. The summed E-state index contributed by atoms with van der Waals surface area (Å²) in [6.07, 6.45) is -0.734. The number of unbranched alkanes of at least 4 members (excludes halogenated alkanes) is 2. The van der Waals surface area contributed by atoms with Gasteiger partial charge in [0.2, 0.25) is 5.82 Å². The van der Waals surface area contributed by atoms with Crippen LogP contribution in [0.1, 0.15) is 45.4 Å². The summed E-state index contributed by atoms with van der Waals surface area (Å²) in [5.74, 6) is -0.703. The number of rotatable bonds is 8. The molecule has 0 unspecified atom stereocenters. The maximum absolute atomic E-state index is 12.7. The quantitative estimate of drug-likeness (QED) is 0.712. The standard InChI is InChI=1S/C13H21F3N4/c1-3-5-6-8-18-11-9-10(17-7-4-2)19-12(20-11)13(14,15)16/h9H,3-8H2,1-2H3,(H2,17,18,19,20). The van der Waals surface area contributed by atoms with Gasteiger partial charge in [0.05, 0.1) is 0 Å². The van der Waals surface area contributed by atoms with Crippen molar-refractivity contribution in [2.24, 2.45) is 0 Å². The van der Waals surface area contributed by atoms with Gasteiger partial charge in [0, 0.05) is 19.2 Å². The van der Waals surface area contributed by atoms with E-state index in [1.54, 1.807) is 0 Å². The van der Waals surface area contributed by atoms with Gasteiger partial charge in [-0.25, -0.2) is 9.97 Å². The molecule has 114 valence electrons. The first kappa shape index (κ1) is 16.5. The molecule has 7 heteroatoms. The Labute approximate surface area is 117 Å². The Kier molecular flexibility index (Phi) is 6.54. The van der Waals surface area contributed by atoms with Crippen molar-refractivity contribution in [3.05, 3.63) is 11.9 Å². The second-order valence-electron chi connectivity index (χ2n) is 4.52. The monoisotopic (exact) mass is 290 g/mol. The van der Waals surface area contributed by atoms with Gasteiger partial charge in [0.25, 0.3) is 0 Å². The van der Waals surface area contributed by atoms with Crippen LogP contribution in [0.15, 0.2) is 6.07 Å². The fourth-order valence-electron chi connectivity index (χ4n) is 1.60. The predicted molar refractivity (Wildman–Crippen MR) is 73.8 cm³/mol. The highest BCUT2D eigenvalue weighted by molar-refractivity contribution is 5.47. The Balaban J connectivity index is 2.80. The average Bonchev–Trinajstić information content (AvgIpc) is 2.40. The highest BCUT2D eigenvalue weighted by Crippen LogP contribution is 2.28. The van der Waals surface area contributed by atoms with Crippen LogP contribution in [0, 0.1) is 0 Å². The van der Waals surface area contributed by atoms with Gasteiger partial charge in [-0.15, -0.1) is 0 Å².